The molecule has 0 saturated heterocycles. The topological polar surface area (TPSA) is 45.1 Å². The van der Waals surface area contributed by atoms with Gasteiger partial charge in [0.05, 0.1) is 0 Å². The van der Waals surface area contributed by atoms with Crippen LogP contribution in [0.15, 0.2) is 18.3 Å². The normalized spacial score (nSPS) is 12.7. The summed E-state index contributed by atoms with van der Waals surface area (Å²) >= 11 is 5.91. The summed E-state index contributed by atoms with van der Waals surface area (Å²) in [5, 5.41) is 12.6. The monoisotopic (exact) mass is 228 g/mol. The molecule has 0 aliphatic carbocycles. The van der Waals surface area contributed by atoms with Gasteiger partial charge < -0.3 is 10.4 Å². The number of nitrogens with zero attached hydrogens (tertiary/aromatic N) is 1. The Balaban J connectivity index is 2.29. The second kappa shape index (κ2) is 6.77. The van der Waals surface area contributed by atoms with E-state index in [2.05, 4.69) is 17.2 Å². The van der Waals surface area contributed by atoms with Crippen LogP contribution in [0.2, 0.25) is 5.15 Å². The lowest BCUT2D eigenvalue weighted by molar-refractivity contribution is 0.260. The van der Waals surface area contributed by atoms with Gasteiger partial charge in [0.2, 0.25) is 0 Å². The maximum absolute atomic E-state index is 8.74. The van der Waals surface area contributed by atoms with Crippen molar-refractivity contribution in [3.63, 3.8) is 0 Å². The van der Waals surface area contributed by atoms with Gasteiger partial charge in [-0.2, -0.15) is 0 Å². The fourth-order valence-corrected chi connectivity index (χ4v) is 1.51. The van der Waals surface area contributed by atoms with Crippen molar-refractivity contribution in [2.75, 3.05) is 13.2 Å². The van der Waals surface area contributed by atoms with E-state index < -0.39 is 0 Å². The number of nitrogens with one attached hydrogen (secondary N) is 1. The van der Waals surface area contributed by atoms with Crippen LogP contribution in [0.4, 0.5) is 0 Å². The van der Waals surface area contributed by atoms with Crippen molar-refractivity contribution in [3.05, 3.63) is 29.0 Å². The zero-order chi connectivity index (χ0) is 11.1. The molecule has 1 heterocycles. The fraction of sp³-hybridized carbons (Fsp3) is 0.545. The summed E-state index contributed by atoms with van der Waals surface area (Å²) in [6.45, 7) is 3.96. The maximum Gasteiger partial charge on any atom is 0.133 e. The molecule has 0 aliphatic heterocycles. The molecular formula is C11H17ClN2O. The smallest absolute Gasteiger partial charge is 0.133 e. The SMILES string of the molecule is CC(CCO)CNCc1cccnc1Cl. The maximum atomic E-state index is 8.74. The molecule has 1 aromatic rings. The molecule has 0 saturated carbocycles. The number of rotatable bonds is 6. The highest BCUT2D eigenvalue weighted by molar-refractivity contribution is 6.30. The molecule has 15 heavy (non-hydrogen) atoms. The molecule has 0 amide bonds. The molecule has 1 atom stereocenters. The van der Waals surface area contributed by atoms with Gasteiger partial charge in [-0.1, -0.05) is 24.6 Å². The molecule has 84 valence electrons. The largest absolute Gasteiger partial charge is 0.396 e. The quantitative estimate of drug-likeness (QED) is 0.731. The van der Waals surface area contributed by atoms with Gasteiger partial charge in [0.15, 0.2) is 0 Å². The van der Waals surface area contributed by atoms with Crippen LogP contribution in [0.5, 0.6) is 0 Å². The number of pyridine rings is 1. The fourth-order valence-electron chi connectivity index (χ4n) is 1.33. The van der Waals surface area contributed by atoms with Crippen molar-refractivity contribution < 1.29 is 5.11 Å². The van der Waals surface area contributed by atoms with Gasteiger partial charge in [0.1, 0.15) is 5.15 Å². The number of aliphatic hydroxyl groups excluding tert-OH is 1. The first-order valence-corrected chi connectivity index (χ1v) is 5.52. The molecule has 0 bridgehead atoms. The summed E-state index contributed by atoms with van der Waals surface area (Å²) in [4.78, 5) is 4.00. The van der Waals surface area contributed by atoms with E-state index in [1.807, 2.05) is 12.1 Å². The zero-order valence-corrected chi connectivity index (χ0v) is 9.67. The van der Waals surface area contributed by atoms with Gasteiger partial charge in [-0.15, -0.1) is 0 Å². The van der Waals surface area contributed by atoms with Gasteiger partial charge in [-0.05, 0) is 24.9 Å². The Hall–Kier alpha value is -0.640. The van der Waals surface area contributed by atoms with Crippen LogP contribution >= 0.6 is 11.6 Å². The van der Waals surface area contributed by atoms with Crippen LogP contribution in [-0.4, -0.2) is 23.2 Å². The highest BCUT2D eigenvalue weighted by Gasteiger charge is 2.02. The molecule has 1 aromatic heterocycles. The Morgan fingerprint density at radius 2 is 2.40 bits per heavy atom. The Labute approximate surface area is 95.5 Å². The summed E-state index contributed by atoms with van der Waals surface area (Å²) in [7, 11) is 0. The Morgan fingerprint density at radius 3 is 3.07 bits per heavy atom. The number of aliphatic hydroxyl groups is 1. The first-order chi connectivity index (χ1) is 7.24. The lowest BCUT2D eigenvalue weighted by Crippen LogP contribution is -2.21. The van der Waals surface area contributed by atoms with E-state index in [0.717, 1.165) is 25.1 Å². The lowest BCUT2D eigenvalue weighted by Gasteiger charge is -2.11. The van der Waals surface area contributed by atoms with E-state index in [1.54, 1.807) is 6.20 Å². The molecule has 0 fully saturated rings. The third-order valence-electron chi connectivity index (χ3n) is 2.27. The van der Waals surface area contributed by atoms with Crippen LogP contribution < -0.4 is 5.32 Å². The summed E-state index contributed by atoms with van der Waals surface area (Å²) in [6.07, 6.45) is 2.51. The standard InChI is InChI=1S/C11H17ClN2O/c1-9(4-6-15)7-13-8-10-3-2-5-14-11(10)12/h2-3,5,9,13,15H,4,6-8H2,1H3. The second-order valence-electron chi connectivity index (χ2n) is 3.70. The van der Waals surface area contributed by atoms with Crippen molar-refractivity contribution in [2.45, 2.75) is 19.9 Å². The van der Waals surface area contributed by atoms with Gasteiger partial charge >= 0.3 is 0 Å². The first-order valence-electron chi connectivity index (χ1n) is 5.15. The first kappa shape index (κ1) is 12.4. The van der Waals surface area contributed by atoms with E-state index in [4.69, 9.17) is 16.7 Å². The summed E-state index contributed by atoms with van der Waals surface area (Å²) in [5.74, 6) is 0.477. The number of aromatic nitrogens is 1. The third kappa shape index (κ3) is 4.60. The third-order valence-corrected chi connectivity index (χ3v) is 2.61. The summed E-state index contributed by atoms with van der Waals surface area (Å²) in [6, 6.07) is 3.83. The number of halogens is 1. The van der Waals surface area contributed by atoms with Crippen molar-refractivity contribution in [1.82, 2.24) is 10.3 Å². The zero-order valence-electron chi connectivity index (χ0n) is 8.91. The van der Waals surface area contributed by atoms with E-state index in [-0.39, 0.29) is 6.61 Å². The molecular weight excluding hydrogens is 212 g/mol. The molecule has 0 aliphatic rings. The van der Waals surface area contributed by atoms with E-state index in [9.17, 15) is 0 Å². The Morgan fingerprint density at radius 1 is 1.60 bits per heavy atom. The molecule has 3 nitrogen and oxygen atoms in total. The minimum Gasteiger partial charge on any atom is -0.396 e. The van der Waals surface area contributed by atoms with Crippen LogP contribution in [0.1, 0.15) is 18.9 Å². The molecule has 0 spiro atoms. The van der Waals surface area contributed by atoms with E-state index in [1.165, 1.54) is 0 Å². The van der Waals surface area contributed by atoms with Gasteiger partial charge in [0.25, 0.3) is 0 Å². The van der Waals surface area contributed by atoms with Gasteiger partial charge in [-0.25, -0.2) is 4.98 Å². The average molecular weight is 229 g/mol. The van der Waals surface area contributed by atoms with E-state index >= 15 is 0 Å². The summed E-state index contributed by atoms with van der Waals surface area (Å²) in [5.41, 5.74) is 1.01. The Bertz CT molecular complexity index is 294. The predicted octanol–water partition coefficient (Wildman–Crippen LogP) is 1.84. The van der Waals surface area contributed by atoms with Gasteiger partial charge in [-0.3, -0.25) is 0 Å². The molecule has 4 heteroatoms. The molecule has 2 N–H and O–H groups in total. The number of hydrogen-bond donors (Lipinski definition) is 2. The van der Waals surface area contributed by atoms with Crippen molar-refractivity contribution in [2.24, 2.45) is 5.92 Å². The van der Waals surface area contributed by atoms with Crippen molar-refractivity contribution in [1.29, 1.82) is 0 Å². The van der Waals surface area contributed by atoms with Gasteiger partial charge in [0, 0.05) is 24.9 Å². The molecule has 1 rings (SSSR count). The highest BCUT2D eigenvalue weighted by Crippen LogP contribution is 2.10. The van der Waals surface area contributed by atoms with Crippen LogP contribution in [0.25, 0.3) is 0 Å². The lowest BCUT2D eigenvalue weighted by atomic mass is 10.1. The van der Waals surface area contributed by atoms with E-state index in [0.29, 0.717) is 11.1 Å². The number of hydrogen-bond acceptors (Lipinski definition) is 3. The minimum atomic E-state index is 0.247. The van der Waals surface area contributed by atoms with Crippen LogP contribution in [0.3, 0.4) is 0 Å². The second-order valence-corrected chi connectivity index (χ2v) is 4.06. The van der Waals surface area contributed by atoms with Crippen molar-refractivity contribution >= 4 is 11.6 Å². The summed E-state index contributed by atoms with van der Waals surface area (Å²) < 4.78 is 0. The van der Waals surface area contributed by atoms with Crippen LogP contribution in [0, 0.1) is 5.92 Å². The molecule has 1 unspecified atom stereocenters. The highest BCUT2D eigenvalue weighted by atomic mass is 35.5. The predicted molar refractivity (Wildman–Crippen MR) is 61.8 cm³/mol. The van der Waals surface area contributed by atoms with Crippen LogP contribution in [-0.2, 0) is 6.54 Å². The average Bonchev–Trinajstić information content (AvgIpc) is 2.21. The Kier molecular flexibility index (Phi) is 5.61. The molecule has 0 radical (unpaired) electrons. The minimum absolute atomic E-state index is 0.247. The molecule has 0 aromatic carbocycles. The van der Waals surface area contributed by atoms with Crippen molar-refractivity contribution in [3.8, 4) is 0 Å².